The van der Waals surface area contributed by atoms with Crippen molar-refractivity contribution in [1.82, 2.24) is 10.2 Å². The number of carbonyl (C=O) groups excluding carboxylic acids is 1. The minimum Gasteiger partial charge on any atom is -0.384 e. The van der Waals surface area contributed by atoms with Crippen molar-refractivity contribution >= 4 is 11.6 Å². The van der Waals surface area contributed by atoms with E-state index in [1.165, 1.54) is 0 Å². The van der Waals surface area contributed by atoms with Gasteiger partial charge in [-0.3, -0.25) is 4.79 Å². The summed E-state index contributed by atoms with van der Waals surface area (Å²) in [4.78, 5) is 14.6. The highest BCUT2D eigenvalue weighted by Crippen LogP contribution is 2.18. The van der Waals surface area contributed by atoms with Crippen LogP contribution in [0.1, 0.15) is 43.1 Å². The Balaban J connectivity index is 2.83. The van der Waals surface area contributed by atoms with E-state index < -0.39 is 0 Å². The summed E-state index contributed by atoms with van der Waals surface area (Å²) in [5.41, 5.74) is 2.64. The molecule has 4 nitrogen and oxygen atoms in total. The van der Waals surface area contributed by atoms with Gasteiger partial charge in [0.2, 0.25) is 0 Å². The molecule has 0 saturated heterocycles. The Morgan fingerprint density at radius 2 is 1.95 bits per heavy atom. The number of nitrogens with one attached hydrogen (secondary N) is 2. The Kier molecular flexibility index (Phi) is 6.21. The number of hydrogen-bond donors (Lipinski definition) is 2. The molecule has 0 aliphatic rings. The van der Waals surface area contributed by atoms with E-state index in [1.807, 2.05) is 39.2 Å². The fourth-order valence-electron chi connectivity index (χ4n) is 1.81. The van der Waals surface area contributed by atoms with Crippen molar-refractivity contribution in [2.45, 2.75) is 39.7 Å². The molecule has 0 saturated carbocycles. The number of nitrogens with zero attached hydrogens (tertiary/aromatic N) is 1. The average Bonchev–Trinajstić information content (AvgIpc) is 2.43. The third-order valence-corrected chi connectivity index (χ3v) is 3.88. The molecule has 1 amide bonds. The van der Waals surface area contributed by atoms with Crippen LogP contribution >= 0.6 is 0 Å². The summed E-state index contributed by atoms with van der Waals surface area (Å²) in [6.07, 6.45) is 1.03. The SMILES string of the molecule is CCCNc1ccc(C)cc1C(=O)NCC(C)(C)N(C)C. The summed E-state index contributed by atoms with van der Waals surface area (Å²) in [5.74, 6) is -0.0211. The maximum absolute atomic E-state index is 12.5. The average molecular weight is 291 g/mol. The summed E-state index contributed by atoms with van der Waals surface area (Å²) in [6.45, 7) is 9.82. The Morgan fingerprint density at radius 3 is 2.52 bits per heavy atom. The molecule has 0 radical (unpaired) electrons. The highest BCUT2D eigenvalue weighted by atomic mass is 16.1. The Labute approximate surface area is 128 Å². The first-order chi connectivity index (χ1) is 9.77. The molecule has 0 aromatic heterocycles. The van der Waals surface area contributed by atoms with Crippen LogP contribution in [0.3, 0.4) is 0 Å². The first kappa shape index (κ1) is 17.5. The zero-order valence-corrected chi connectivity index (χ0v) is 14.2. The molecule has 0 heterocycles. The van der Waals surface area contributed by atoms with Crippen LogP contribution in [-0.4, -0.2) is 43.5 Å². The zero-order valence-electron chi connectivity index (χ0n) is 14.2. The van der Waals surface area contributed by atoms with Crippen molar-refractivity contribution in [2.24, 2.45) is 0 Å². The molecule has 0 bridgehead atoms. The highest BCUT2D eigenvalue weighted by molar-refractivity contribution is 5.99. The van der Waals surface area contributed by atoms with E-state index >= 15 is 0 Å². The van der Waals surface area contributed by atoms with Crippen LogP contribution < -0.4 is 10.6 Å². The van der Waals surface area contributed by atoms with E-state index in [2.05, 4.69) is 36.3 Å². The number of amides is 1. The standard InChI is InChI=1S/C17H29N3O/c1-7-10-18-15-9-8-13(2)11-14(15)16(21)19-12-17(3,4)20(5)6/h8-9,11,18H,7,10,12H2,1-6H3,(H,19,21). The lowest BCUT2D eigenvalue weighted by Gasteiger charge is -2.32. The van der Waals surface area contributed by atoms with Crippen LogP contribution in [-0.2, 0) is 0 Å². The first-order valence-corrected chi connectivity index (χ1v) is 7.58. The Hall–Kier alpha value is -1.55. The molecule has 1 aromatic rings. The second kappa shape index (κ2) is 7.46. The molecular formula is C17H29N3O. The van der Waals surface area contributed by atoms with Crippen molar-refractivity contribution < 1.29 is 4.79 Å². The third kappa shape index (κ3) is 5.05. The Bertz CT molecular complexity index is 481. The molecular weight excluding hydrogens is 262 g/mol. The van der Waals surface area contributed by atoms with Gasteiger partial charge in [-0.15, -0.1) is 0 Å². The van der Waals surface area contributed by atoms with Crippen LogP contribution in [0.2, 0.25) is 0 Å². The zero-order chi connectivity index (χ0) is 16.0. The molecule has 1 rings (SSSR count). The smallest absolute Gasteiger partial charge is 0.253 e. The van der Waals surface area contributed by atoms with Crippen molar-refractivity contribution in [2.75, 3.05) is 32.5 Å². The summed E-state index contributed by atoms with van der Waals surface area (Å²) < 4.78 is 0. The van der Waals surface area contributed by atoms with Crippen LogP contribution in [0.15, 0.2) is 18.2 Å². The van der Waals surface area contributed by atoms with E-state index in [-0.39, 0.29) is 11.4 Å². The van der Waals surface area contributed by atoms with E-state index in [1.54, 1.807) is 0 Å². The number of aryl methyl sites for hydroxylation is 1. The maximum atomic E-state index is 12.5. The summed E-state index contributed by atoms with van der Waals surface area (Å²) in [5, 5.41) is 6.36. The topological polar surface area (TPSA) is 44.4 Å². The molecule has 0 atom stereocenters. The van der Waals surface area contributed by atoms with Crippen LogP contribution in [0.25, 0.3) is 0 Å². The van der Waals surface area contributed by atoms with Gasteiger partial charge in [0.15, 0.2) is 0 Å². The quantitative estimate of drug-likeness (QED) is 0.812. The van der Waals surface area contributed by atoms with E-state index in [4.69, 9.17) is 0 Å². The lowest BCUT2D eigenvalue weighted by molar-refractivity contribution is 0.0920. The molecule has 2 N–H and O–H groups in total. The highest BCUT2D eigenvalue weighted by Gasteiger charge is 2.22. The minimum atomic E-state index is -0.0729. The number of anilines is 1. The number of carbonyl (C=O) groups is 1. The van der Waals surface area contributed by atoms with Gasteiger partial charge in [-0.05, 0) is 53.4 Å². The Morgan fingerprint density at radius 1 is 1.29 bits per heavy atom. The molecule has 0 aliphatic carbocycles. The molecule has 21 heavy (non-hydrogen) atoms. The predicted molar refractivity (Wildman–Crippen MR) is 90.1 cm³/mol. The van der Waals surface area contributed by atoms with E-state index in [9.17, 15) is 4.79 Å². The van der Waals surface area contributed by atoms with Crippen molar-refractivity contribution in [3.05, 3.63) is 29.3 Å². The van der Waals surface area contributed by atoms with Gasteiger partial charge in [0, 0.05) is 24.3 Å². The van der Waals surface area contributed by atoms with Crippen LogP contribution in [0, 0.1) is 6.92 Å². The van der Waals surface area contributed by atoms with Crippen molar-refractivity contribution in [3.63, 3.8) is 0 Å². The monoisotopic (exact) mass is 291 g/mol. The van der Waals surface area contributed by atoms with Crippen LogP contribution in [0.4, 0.5) is 5.69 Å². The van der Waals surface area contributed by atoms with Gasteiger partial charge in [-0.25, -0.2) is 0 Å². The predicted octanol–water partition coefficient (Wildman–Crippen LogP) is 2.89. The summed E-state index contributed by atoms with van der Waals surface area (Å²) in [6, 6.07) is 5.95. The number of likely N-dealkylation sites (N-methyl/N-ethyl adjacent to an activating group) is 1. The van der Waals surface area contributed by atoms with Crippen molar-refractivity contribution in [1.29, 1.82) is 0 Å². The fourth-order valence-corrected chi connectivity index (χ4v) is 1.81. The summed E-state index contributed by atoms with van der Waals surface area (Å²) in [7, 11) is 4.04. The van der Waals surface area contributed by atoms with Crippen LogP contribution in [0.5, 0.6) is 0 Å². The molecule has 0 fully saturated rings. The second-order valence-electron chi connectivity index (χ2n) is 6.37. The molecule has 0 spiro atoms. The second-order valence-corrected chi connectivity index (χ2v) is 6.37. The van der Waals surface area contributed by atoms with Gasteiger partial charge >= 0.3 is 0 Å². The largest absolute Gasteiger partial charge is 0.384 e. The molecule has 118 valence electrons. The normalized spacial score (nSPS) is 11.6. The maximum Gasteiger partial charge on any atom is 0.253 e. The lowest BCUT2D eigenvalue weighted by Crippen LogP contribution is -2.48. The summed E-state index contributed by atoms with van der Waals surface area (Å²) >= 11 is 0. The third-order valence-electron chi connectivity index (χ3n) is 3.88. The van der Waals surface area contributed by atoms with Gasteiger partial charge < -0.3 is 15.5 Å². The van der Waals surface area contributed by atoms with Gasteiger partial charge in [0.25, 0.3) is 5.91 Å². The van der Waals surface area contributed by atoms with Gasteiger partial charge in [-0.1, -0.05) is 18.6 Å². The first-order valence-electron chi connectivity index (χ1n) is 7.58. The lowest BCUT2D eigenvalue weighted by atomic mass is 10.0. The molecule has 4 heteroatoms. The minimum absolute atomic E-state index is 0.0211. The number of hydrogen-bond acceptors (Lipinski definition) is 3. The molecule has 0 unspecified atom stereocenters. The number of rotatable bonds is 7. The fraction of sp³-hybridized carbons (Fsp3) is 0.588. The number of benzene rings is 1. The molecule has 1 aromatic carbocycles. The van der Waals surface area contributed by atoms with Crippen molar-refractivity contribution in [3.8, 4) is 0 Å². The van der Waals surface area contributed by atoms with E-state index in [0.29, 0.717) is 6.54 Å². The van der Waals surface area contributed by atoms with Gasteiger partial charge in [-0.2, -0.15) is 0 Å². The molecule has 0 aliphatic heterocycles. The van der Waals surface area contributed by atoms with Gasteiger partial charge in [0.1, 0.15) is 0 Å². The van der Waals surface area contributed by atoms with E-state index in [0.717, 1.165) is 29.8 Å². The van der Waals surface area contributed by atoms with Gasteiger partial charge in [0.05, 0.1) is 5.56 Å².